The number of nitrogens with one attached hydrogen (secondary N) is 2. The van der Waals surface area contributed by atoms with E-state index in [1.54, 1.807) is 12.3 Å². The molecule has 1 heterocycles. The summed E-state index contributed by atoms with van der Waals surface area (Å²) in [6, 6.07) is 11.1. The number of pyridine rings is 1. The number of anilines is 1. The van der Waals surface area contributed by atoms with Crippen LogP contribution >= 0.6 is 0 Å². The van der Waals surface area contributed by atoms with E-state index in [-0.39, 0.29) is 17.3 Å². The van der Waals surface area contributed by atoms with Gasteiger partial charge in [0.15, 0.2) is 0 Å². The zero-order valence-corrected chi connectivity index (χ0v) is 14.3. The SMILES string of the molecule is Cc1ccc(Cn2cccc(NC(=O)C(=O)N[C@@H]3C[C@@H]3C)c2=O)cc1. The number of aryl methyl sites for hydroxylation is 1. The first-order chi connectivity index (χ1) is 11.9. The van der Waals surface area contributed by atoms with Gasteiger partial charge in [-0.05, 0) is 37.0 Å². The summed E-state index contributed by atoms with van der Waals surface area (Å²) < 4.78 is 1.50. The summed E-state index contributed by atoms with van der Waals surface area (Å²) in [7, 11) is 0. The molecular weight excluding hydrogens is 318 g/mol. The zero-order chi connectivity index (χ0) is 18.0. The van der Waals surface area contributed by atoms with Crippen molar-refractivity contribution in [3.05, 3.63) is 64.1 Å². The summed E-state index contributed by atoms with van der Waals surface area (Å²) in [5.41, 5.74) is 1.88. The van der Waals surface area contributed by atoms with Crippen LogP contribution in [0.2, 0.25) is 0 Å². The van der Waals surface area contributed by atoms with Crippen molar-refractivity contribution in [2.75, 3.05) is 5.32 Å². The van der Waals surface area contributed by atoms with E-state index >= 15 is 0 Å². The summed E-state index contributed by atoms with van der Waals surface area (Å²) in [4.78, 5) is 36.3. The topological polar surface area (TPSA) is 80.2 Å². The molecule has 0 radical (unpaired) electrons. The van der Waals surface area contributed by atoms with Gasteiger partial charge in [0.25, 0.3) is 5.56 Å². The molecule has 1 fully saturated rings. The molecule has 2 atom stereocenters. The van der Waals surface area contributed by atoms with E-state index in [1.807, 2.05) is 38.1 Å². The Labute approximate surface area is 145 Å². The van der Waals surface area contributed by atoms with Crippen LogP contribution in [-0.4, -0.2) is 22.4 Å². The second kappa shape index (κ2) is 6.93. The fourth-order valence-electron chi connectivity index (χ4n) is 2.58. The Morgan fingerprint density at radius 3 is 2.48 bits per heavy atom. The number of hydrogen-bond acceptors (Lipinski definition) is 3. The molecule has 2 amide bonds. The lowest BCUT2D eigenvalue weighted by Gasteiger charge is -2.10. The number of aromatic nitrogens is 1. The van der Waals surface area contributed by atoms with Crippen molar-refractivity contribution < 1.29 is 9.59 Å². The third kappa shape index (κ3) is 4.15. The van der Waals surface area contributed by atoms with Crippen molar-refractivity contribution in [1.29, 1.82) is 0 Å². The molecule has 2 aromatic rings. The summed E-state index contributed by atoms with van der Waals surface area (Å²) >= 11 is 0. The van der Waals surface area contributed by atoms with Gasteiger partial charge in [0.05, 0.1) is 6.54 Å². The van der Waals surface area contributed by atoms with Gasteiger partial charge in [-0.3, -0.25) is 14.4 Å². The lowest BCUT2D eigenvalue weighted by Crippen LogP contribution is -2.38. The predicted molar refractivity (Wildman–Crippen MR) is 95.3 cm³/mol. The second-order valence-electron chi connectivity index (χ2n) is 6.59. The normalized spacial score (nSPS) is 18.5. The summed E-state index contributed by atoms with van der Waals surface area (Å²) in [6.45, 7) is 4.40. The Balaban J connectivity index is 1.70. The van der Waals surface area contributed by atoms with Crippen LogP contribution in [0.3, 0.4) is 0 Å². The molecule has 1 aromatic carbocycles. The summed E-state index contributed by atoms with van der Waals surface area (Å²) in [6.07, 6.45) is 2.54. The fourth-order valence-corrected chi connectivity index (χ4v) is 2.58. The number of nitrogens with zero attached hydrogens (tertiary/aromatic N) is 1. The monoisotopic (exact) mass is 339 g/mol. The van der Waals surface area contributed by atoms with Gasteiger partial charge in [0.2, 0.25) is 0 Å². The molecule has 25 heavy (non-hydrogen) atoms. The van der Waals surface area contributed by atoms with Crippen molar-refractivity contribution in [3.8, 4) is 0 Å². The molecule has 3 rings (SSSR count). The average molecular weight is 339 g/mol. The Hall–Kier alpha value is -2.89. The van der Waals surface area contributed by atoms with E-state index in [9.17, 15) is 14.4 Å². The first-order valence-electron chi connectivity index (χ1n) is 8.31. The van der Waals surface area contributed by atoms with Crippen LogP contribution < -0.4 is 16.2 Å². The largest absolute Gasteiger partial charge is 0.345 e. The maximum atomic E-state index is 12.5. The van der Waals surface area contributed by atoms with E-state index in [4.69, 9.17) is 0 Å². The lowest BCUT2D eigenvalue weighted by atomic mass is 10.1. The van der Waals surface area contributed by atoms with Crippen LogP contribution in [0.15, 0.2) is 47.4 Å². The molecule has 6 nitrogen and oxygen atoms in total. The zero-order valence-electron chi connectivity index (χ0n) is 14.3. The Bertz CT molecular complexity index is 855. The molecule has 0 unspecified atom stereocenters. The van der Waals surface area contributed by atoms with Gasteiger partial charge in [-0.15, -0.1) is 0 Å². The first kappa shape index (κ1) is 17.0. The molecule has 130 valence electrons. The molecule has 0 spiro atoms. The fraction of sp³-hybridized carbons (Fsp3) is 0.316. The van der Waals surface area contributed by atoms with E-state index in [1.165, 1.54) is 10.6 Å². The van der Waals surface area contributed by atoms with Crippen molar-refractivity contribution in [3.63, 3.8) is 0 Å². The quantitative estimate of drug-likeness (QED) is 0.832. The molecule has 0 bridgehead atoms. The Morgan fingerprint density at radius 1 is 1.16 bits per heavy atom. The highest BCUT2D eigenvalue weighted by molar-refractivity contribution is 6.39. The number of hydrogen-bond donors (Lipinski definition) is 2. The lowest BCUT2D eigenvalue weighted by molar-refractivity contribution is -0.136. The van der Waals surface area contributed by atoms with Crippen molar-refractivity contribution in [2.24, 2.45) is 5.92 Å². The van der Waals surface area contributed by atoms with Crippen LogP contribution in [0, 0.1) is 12.8 Å². The molecule has 0 saturated heterocycles. The van der Waals surface area contributed by atoms with Crippen molar-refractivity contribution >= 4 is 17.5 Å². The number of amides is 2. The van der Waals surface area contributed by atoms with Crippen LogP contribution in [0.4, 0.5) is 5.69 Å². The smallest absolute Gasteiger partial charge is 0.313 e. The third-order valence-electron chi connectivity index (χ3n) is 4.37. The van der Waals surface area contributed by atoms with E-state index in [0.717, 1.165) is 17.5 Å². The molecular formula is C19H21N3O3. The summed E-state index contributed by atoms with van der Waals surface area (Å²) in [5, 5.41) is 5.05. The predicted octanol–water partition coefficient (Wildman–Crippen LogP) is 1.67. The summed E-state index contributed by atoms with van der Waals surface area (Å²) in [5.74, 6) is -1.12. The minimum atomic E-state index is -0.815. The van der Waals surface area contributed by atoms with Gasteiger partial charge in [0.1, 0.15) is 5.69 Å². The number of carbonyl (C=O) groups excluding carboxylic acids is 2. The first-order valence-corrected chi connectivity index (χ1v) is 8.31. The Kier molecular flexibility index (Phi) is 4.70. The Morgan fingerprint density at radius 2 is 1.84 bits per heavy atom. The van der Waals surface area contributed by atoms with Gasteiger partial charge < -0.3 is 15.2 Å². The number of benzene rings is 1. The van der Waals surface area contributed by atoms with Gasteiger partial charge >= 0.3 is 11.8 Å². The molecule has 1 aliphatic carbocycles. The molecule has 1 aromatic heterocycles. The van der Waals surface area contributed by atoms with E-state index < -0.39 is 11.8 Å². The van der Waals surface area contributed by atoms with Crippen LogP contribution in [0.1, 0.15) is 24.5 Å². The maximum absolute atomic E-state index is 12.5. The van der Waals surface area contributed by atoms with Crippen LogP contribution in [0.5, 0.6) is 0 Å². The highest BCUT2D eigenvalue weighted by Gasteiger charge is 2.35. The average Bonchev–Trinajstić information content (AvgIpc) is 3.28. The second-order valence-corrected chi connectivity index (χ2v) is 6.59. The van der Waals surface area contributed by atoms with Crippen molar-refractivity contribution in [1.82, 2.24) is 9.88 Å². The van der Waals surface area contributed by atoms with E-state index in [0.29, 0.717) is 12.5 Å². The number of carbonyl (C=O) groups is 2. The van der Waals surface area contributed by atoms with Gasteiger partial charge in [-0.2, -0.15) is 0 Å². The van der Waals surface area contributed by atoms with Crippen molar-refractivity contribution in [2.45, 2.75) is 32.9 Å². The third-order valence-corrected chi connectivity index (χ3v) is 4.37. The molecule has 1 aliphatic rings. The van der Waals surface area contributed by atoms with Gasteiger partial charge in [-0.1, -0.05) is 36.8 Å². The van der Waals surface area contributed by atoms with E-state index in [2.05, 4.69) is 10.6 Å². The standard InChI is InChI=1S/C19H21N3O3/c1-12-5-7-14(8-6-12)11-22-9-3-4-15(19(22)25)20-17(23)18(24)21-16-10-13(16)2/h3-9,13,16H,10-11H2,1-2H3,(H,20,23)(H,21,24)/t13-,16+/m0/s1. The van der Waals surface area contributed by atoms with Gasteiger partial charge in [-0.25, -0.2) is 0 Å². The molecule has 2 N–H and O–H groups in total. The highest BCUT2D eigenvalue weighted by Crippen LogP contribution is 2.28. The maximum Gasteiger partial charge on any atom is 0.313 e. The molecule has 0 aliphatic heterocycles. The molecule has 1 saturated carbocycles. The van der Waals surface area contributed by atoms with Crippen LogP contribution in [0.25, 0.3) is 0 Å². The number of rotatable bonds is 4. The minimum absolute atomic E-state index is 0.0622. The van der Waals surface area contributed by atoms with Gasteiger partial charge in [0, 0.05) is 12.2 Å². The highest BCUT2D eigenvalue weighted by atomic mass is 16.2. The van der Waals surface area contributed by atoms with Crippen LogP contribution in [-0.2, 0) is 16.1 Å². The molecule has 6 heteroatoms. The minimum Gasteiger partial charge on any atom is -0.345 e.